The highest BCUT2D eigenvalue weighted by Gasteiger charge is 2.08. The van der Waals surface area contributed by atoms with E-state index in [1.54, 1.807) is 36.4 Å². The third-order valence-electron chi connectivity index (χ3n) is 2.72. The molecule has 1 amide bonds. The molecule has 2 N–H and O–H groups in total. The Kier molecular flexibility index (Phi) is 4.42. The smallest absolute Gasteiger partial charge is 0.267 e. The van der Waals surface area contributed by atoms with Crippen LogP contribution in [0.1, 0.15) is 21.5 Å². The number of benzene rings is 2. The van der Waals surface area contributed by atoms with Gasteiger partial charge in [-0.15, -0.1) is 0 Å². The lowest BCUT2D eigenvalue weighted by Gasteiger charge is -2.02. The molecule has 0 radical (unpaired) electrons. The molecule has 0 spiro atoms. The molecule has 0 unspecified atom stereocenters. The summed E-state index contributed by atoms with van der Waals surface area (Å²) in [6.07, 6.45) is 2.71. The van der Waals surface area contributed by atoms with Gasteiger partial charge < -0.3 is 0 Å². The van der Waals surface area contributed by atoms with Crippen LogP contribution in [0.15, 0.2) is 60.7 Å². The predicted octanol–water partition coefficient (Wildman–Crippen LogP) is 2.44. The highest BCUT2D eigenvalue weighted by atomic mass is 16.5. The SMILES string of the molecule is O=C(C=Cc1cccc(C(=O)c2ccccc2)c1)NO. The van der Waals surface area contributed by atoms with Crippen LogP contribution in [0.25, 0.3) is 6.08 Å². The van der Waals surface area contributed by atoms with E-state index < -0.39 is 5.91 Å². The molecule has 4 heteroatoms. The zero-order valence-electron chi connectivity index (χ0n) is 10.6. The molecule has 0 aromatic heterocycles. The molecule has 4 nitrogen and oxygen atoms in total. The second-order valence-electron chi connectivity index (χ2n) is 4.13. The van der Waals surface area contributed by atoms with Crippen molar-refractivity contribution in [3.63, 3.8) is 0 Å². The van der Waals surface area contributed by atoms with Gasteiger partial charge in [-0.05, 0) is 17.7 Å². The molecule has 100 valence electrons. The first-order chi connectivity index (χ1) is 9.70. The number of carbonyl (C=O) groups excluding carboxylic acids is 2. The molecule has 2 aromatic rings. The van der Waals surface area contributed by atoms with E-state index in [0.29, 0.717) is 16.7 Å². The van der Waals surface area contributed by atoms with Gasteiger partial charge in [0.15, 0.2) is 5.78 Å². The van der Waals surface area contributed by atoms with Gasteiger partial charge in [-0.2, -0.15) is 0 Å². The lowest BCUT2D eigenvalue weighted by molar-refractivity contribution is -0.124. The van der Waals surface area contributed by atoms with Crippen molar-refractivity contribution in [3.05, 3.63) is 77.4 Å². The summed E-state index contributed by atoms with van der Waals surface area (Å²) in [5.74, 6) is -0.697. The van der Waals surface area contributed by atoms with E-state index in [2.05, 4.69) is 0 Å². The first-order valence-electron chi connectivity index (χ1n) is 6.02. The lowest BCUT2D eigenvalue weighted by atomic mass is 10.0. The van der Waals surface area contributed by atoms with Crippen LogP contribution in [0, 0.1) is 0 Å². The molecule has 0 aliphatic carbocycles. The Labute approximate surface area is 116 Å². The molecule has 0 aliphatic heterocycles. The predicted molar refractivity (Wildman–Crippen MR) is 75.3 cm³/mol. The summed E-state index contributed by atoms with van der Waals surface area (Å²) >= 11 is 0. The van der Waals surface area contributed by atoms with E-state index >= 15 is 0 Å². The minimum Gasteiger partial charge on any atom is -0.289 e. The van der Waals surface area contributed by atoms with Crippen LogP contribution in [0.5, 0.6) is 0 Å². The number of nitrogens with one attached hydrogen (secondary N) is 1. The van der Waals surface area contributed by atoms with Crippen LogP contribution < -0.4 is 5.48 Å². The Morgan fingerprint density at radius 3 is 2.35 bits per heavy atom. The van der Waals surface area contributed by atoms with Crippen LogP contribution in [-0.2, 0) is 4.79 Å². The van der Waals surface area contributed by atoms with Crippen molar-refractivity contribution in [3.8, 4) is 0 Å². The number of carbonyl (C=O) groups is 2. The summed E-state index contributed by atoms with van der Waals surface area (Å²) in [5.41, 5.74) is 3.37. The van der Waals surface area contributed by atoms with Crippen molar-refractivity contribution >= 4 is 17.8 Å². The first kappa shape index (κ1) is 13.7. The largest absolute Gasteiger partial charge is 0.289 e. The molecule has 2 aromatic carbocycles. The summed E-state index contributed by atoms with van der Waals surface area (Å²) in [7, 11) is 0. The minimum atomic E-state index is -0.621. The standard InChI is InChI=1S/C16H13NO3/c18-15(17-20)10-9-12-5-4-8-14(11-12)16(19)13-6-2-1-3-7-13/h1-11,20H,(H,17,18). The van der Waals surface area contributed by atoms with Gasteiger partial charge in [0.25, 0.3) is 5.91 Å². The topological polar surface area (TPSA) is 66.4 Å². The highest BCUT2D eigenvalue weighted by molar-refractivity contribution is 6.09. The van der Waals surface area contributed by atoms with Gasteiger partial charge in [0, 0.05) is 17.2 Å². The van der Waals surface area contributed by atoms with Crippen molar-refractivity contribution in [1.29, 1.82) is 0 Å². The molecule has 0 heterocycles. The normalized spacial score (nSPS) is 10.4. The quantitative estimate of drug-likeness (QED) is 0.387. The first-order valence-corrected chi connectivity index (χ1v) is 6.02. The highest BCUT2D eigenvalue weighted by Crippen LogP contribution is 2.12. The fraction of sp³-hybridized carbons (Fsp3) is 0. The van der Waals surface area contributed by atoms with Crippen LogP contribution in [0.2, 0.25) is 0 Å². The lowest BCUT2D eigenvalue weighted by Crippen LogP contribution is -2.14. The molecule has 2 rings (SSSR count). The second kappa shape index (κ2) is 6.45. The van der Waals surface area contributed by atoms with Crippen molar-refractivity contribution in [2.24, 2.45) is 0 Å². The van der Waals surface area contributed by atoms with E-state index in [9.17, 15) is 9.59 Å². The molecule has 0 fully saturated rings. The van der Waals surface area contributed by atoms with Crippen LogP contribution in [0.4, 0.5) is 0 Å². The maximum atomic E-state index is 12.2. The Morgan fingerprint density at radius 2 is 1.65 bits per heavy atom. The van der Waals surface area contributed by atoms with Crippen LogP contribution >= 0.6 is 0 Å². The molecule has 0 saturated heterocycles. The summed E-state index contributed by atoms with van der Waals surface area (Å²) in [4.78, 5) is 23.2. The van der Waals surface area contributed by atoms with E-state index in [0.717, 1.165) is 0 Å². The molecule has 0 atom stereocenters. The van der Waals surface area contributed by atoms with Gasteiger partial charge in [-0.3, -0.25) is 14.8 Å². The van der Waals surface area contributed by atoms with Gasteiger partial charge in [-0.25, -0.2) is 5.48 Å². The minimum absolute atomic E-state index is 0.0764. The van der Waals surface area contributed by atoms with Crippen molar-refractivity contribution in [2.75, 3.05) is 0 Å². The van der Waals surface area contributed by atoms with Gasteiger partial charge in [0.1, 0.15) is 0 Å². The molecular weight excluding hydrogens is 254 g/mol. The summed E-state index contributed by atoms with van der Waals surface area (Å²) in [6.45, 7) is 0. The number of amides is 1. The monoisotopic (exact) mass is 267 g/mol. The third-order valence-corrected chi connectivity index (χ3v) is 2.72. The number of hydrogen-bond donors (Lipinski definition) is 2. The van der Waals surface area contributed by atoms with E-state index in [1.165, 1.54) is 17.6 Å². The molecule has 0 bridgehead atoms. The van der Waals surface area contributed by atoms with Crippen molar-refractivity contribution in [2.45, 2.75) is 0 Å². The zero-order valence-corrected chi connectivity index (χ0v) is 10.6. The van der Waals surface area contributed by atoms with Gasteiger partial charge in [0.05, 0.1) is 0 Å². The maximum absolute atomic E-state index is 12.2. The van der Waals surface area contributed by atoms with E-state index in [4.69, 9.17) is 5.21 Å². The fourth-order valence-electron chi connectivity index (χ4n) is 1.75. The Bertz CT molecular complexity index is 648. The molecule has 20 heavy (non-hydrogen) atoms. The van der Waals surface area contributed by atoms with Crippen LogP contribution in [-0.4, -0.2) is 16.9 Å². The average Bonchev–Trinajstić information content (AvgIpc) is 2.53. The van der Waals surface area contributed by atoms with Gasteiger partial charge in [0.2, 0.25) is 0 Å². The zero-order chi connectivity index (χ0) is 14.4. The molecule has 0 aliphatic rings. The Hall–Kier alpha value is -2.72. The Morgan fingerprint density at radius 1 is 0.950 bits per heavy atom. The van der Waals surface area contributed by atoms with Crippen LogP contribution in [0.3, 0.4) is 0 Å². The number of hydroxylamine groups is 1. The van der Waals surface area contributed by atoms with E-state index in [-0.39, 0.29) is 5.78 Å². The van der Waals surface area contributed by atoms with Crippen molar-refractivity contribution < 1.29 is 14.8 Å². The maximum Gasteiger partial charge on any atom is 0.267 e. The summed E-state index contributed by atoms with van der Waals surface area (Å²) < 4.78 is 0. The third kappa shape index (κ3) is 3.40. The summed E-state index contributed by atoms with van der Waals surface area (Å²) in [5, 5.41) is 8.40. The summed E-state index contributed by atoms with van der Waals surface area (Å²) in [6, 6.07) is 15.9. The fourth-order valence-corrected chi connectivity index (χ4v) is 1.75. The Balaban J connectivity index is 2.24. The second-order valence-corrected chi connectivity index (χ2v) is 4.13. The molecule has 0 saturated carbocycles. The average molecular weight is 267 g/mol. The number of hydrogen-bond acceptors (Lipinski definition) is 3. The number of rotatable bonds is 4. The number of ketones is 1. The van der Waals surface area contributed by atoms with Crippen molar-refractivity contribution in [1.82, 2.24) is 5.48 Å². The van der Waals surface area contributed by atoms with Gasteiger partial charge in [-0.1, -0.05) is 48.5 Å². The van der Waals surface area contributed by atoms with E-state index in [1.807, 2.05) is 18.2 Å². The molecular formula is C16H13NO3. The van der Waals surface area contributed by atoms with Gasteiger partial charge >= 0.3 is 0 Å².